The average Bonchev–Trinajstić information content (AvgIpc) is 3.26. The van der Waals surface area contributed by atoms with Crippen molar-refractivity contribution in [2.45, 2.75) is 38.3 Å². The topological polar surface area (TPSA) is 63.0 Å². The first-order valence-corrected chi connectivity index (χ1v) is 8.96. The van der Waals surface area contributed by atoms with Gasteiger partial charge in [-0.15, -0.1) is 0 Å². The number of hydrogen-bond acceptors (Lipinski definition) is 4. The molecule has 25 heavy (non-hydrogen) atoms. The van der Waals surface area contributed by atoms with Crippen molar-refractivity contribution in [2.75, 3.05) is 5.32 Å². The highest BCUT2D eigenvalue weighted by molar-refractivity contribution is 6.30. The largest absolute Gasteiger partial charge is 0.493 e. The van der Waals surface area contributed by atoms with Crippen LogP contribution in [0, 0.1) is 0 Å². The van der Waals surface area contributed by atoms with Gasteiger partial charge in [-0.05, 0) is 56.0 Å². The first-order chi connectivity index (χ1) is 11.9. The lowest BCUT2D eigenvalue weighted by molar-refractivity contribution is 0.404. The maximum atomic E-state index is 10.4. The minimum Gasteiger partial charge on any atom is -0.493 e. The first kappa shape index (κ1) is 16.5. The molecule has 1 fully saturated rings. The van der Waals surface area contributed by atoms with Crippen molar-refractivity contribution in [3.05, 3.63) is 46.3 Å². The van der Waals surface area contributed by atoms with Crippen LogP contribution in [0.4, 0.5) is 5.82 Å². The third kappa shape index (κ3) is 2.81. The normalized spacial score (nSPS) is 15.7. The number of hydrogen-bond donors (Lipinski definition) is 2. The van der Waals surface area contributed by atoms with E-state index in [0.29, 0.717) is 16.4 Å². The van der Waals surface area contributed by atoms with E-state index in [1.54, 1.807) is 4.57 Å². The lowest BCUT2D eigenvalue weighted by atomic mass is 10.0. The summed E-state index contributed by atoms with van der Waals surface area (Å²) in [6.07, 6.45) is 3.86. The zero-order valence-electron chi connectivity index (χ0n) is 13.9. The SMILES string of the molecule is CC(C)n1cc2c(NC3(c4ccc(Cl)cc4)CC3)nc(Cl)nc2c1O. The number of anilines is 1. The Morgan fingerprint density at radius 3 is 2.44 bits per heavy atom. The van der Waals surface area contributed by atoms with E-state index in [0.717, 1.165) is 23.8 Å². The summed E-state index contributed by atoms with van der Waals surface area (Å²) >= 11 is 12.1. The van der Waals surface area contributed by atoms with Crippen LogP contribution >= 0.6 is 23.2 Å². The Labute approximate surface area is 155 Å². The monoisotopic (exact) mass is 376 g/mol. The predicted molar refractivity (Wildman–Crippen MR) is 101 cm³/mol. The smallest absolute Gasteiger partial charge is 0.225 e. The van der Waals surface area contributed by atoms with Gasteiger partial charge >= 0.3 is 0 Å². The van der Waals surface area contributed by atoms with E-state index < -0.39 is 0 Å². The summed E-state index contributed by atoms with van der Waals surface area (Å²) in [4.78, 5) is 8.58. The highest BCUT2D eigenvalue weighted by Gasteiger charge is 2.45. The number of benzene rings is 1. The minimum absolute atomic E-state index is 0.104. The zero-order chi connectivity index (χ0) is 17.8. The molecule has 0 amide bonds. The summed E-state index contributed by atoms with van der Waals surface area (Å²) < 4.78 is 1.77. The number of rotatable bonds is 4. The van der Waals surface area contributed by atoms with Gasteiger partial charge in [0.2, 0.25) is 11.2 Å². The molecule has 1 aliphatic carbocycles. The molecule has 0 aliphatic heterocycles. The van der Waals surface area contributed by atoms with Crippen molar-refractivity contribution in [1.29, 1.82) is 0 Å². The van der Waals surface area contributed by atoms with E-state index in [1.807, 2.05) is 44.3 Å². The Kier molecular flexibility index (Phi) is 3.81. The van der Waals surface area contributed by atoms with Crippen LogP contribution < -0.4 is 5.32 Å². The van der Waals surface area contributed by atoms with Crippen LogP contribution in [-0.2, 0) is 5.54 Å². The fourth-order valence-corrected chi connectivity index (χ4v) is 3.45. The molecule has 0 atom stereocenters. The van der Waals surface area contributed by atoms with Crippen molar-refractivity contribution < 1.29 is 5.11 Å². The molecule has 2 heterocycles. The second-order valence-electron chi connectivity index (χ2n) is 6.77. The molecule has 1 saturated carbocycles. The lowest BCUT2D eigenvalue weighted by Crippen LogP contribution is -2.19. The van der Waals surface area contributed by atoms with Gasteiger partial charge in [-0.25, -0.2) is 9.97 Å². The van der Waals surface area contributed by atoms with Gasteiger partial charge in [-0.3, -0.25) is 0 Å². The molecule has 5 nitrogen and oxygen atoms in total. The second-order valence-corrected chi connectivity index (χ2v) is 7.55. The molecule has 7 heteroatoms. The van der Waals surface area contributed by atoms with Gasteiger partial charge in [0, 0.05) is 17.3 Å². The van der Waals surface area contributed by atoms with E-state index >= 15 is 0 Å². The van der Waals surface area contributed by atoms with Gasteiger partial charge < -0.3 is 15.0 Å². The number of nitrogens with one attached hydrogen (secondary N) is 1. The summed E-state index contributed by atoms with van der Waals surface area (Å²) in [6, 6.07) is 7.94. The number of aromatic nitrogens is 3. The van der Waals surface area contributed by atoms with E-state index in [1.165, 1.54) is 0 Å². The fourth-order valence-electron chi connectivity index (χ4n) is 3.15. The molecule has 1 aromatic carbocycles. The summed E-state index contributed by atoms with van der Waals surface area (Å²) in [5.41, 5.74) is 1.44. The number of aromatic hydroxyl groups is 1. The molecule has 0 saturated heterocycles. The van der Waals surface area contributed by atoms with Crippen LogP contribution in [0.5, 0.6) is 5.88 Å². The third-order valence-electron chi connectivity index (χ3n) is 4.70. The zero-order valence-corrected chi connectivity index (χ0v) is 15.4. The van der Waals surface area contributed by atoms with Crippen molar-refractivity contribution in [2.24, 2.45) is 0 Å². The Balaban J connectivity index is 1.79. The second kappa shape index (κ2) is 5.78. The maximum absolute atomic E-state index is 10.4. The van der Waals surface area contributed by atoms with Crippen LogP contribution in [0.25, 0.3) is 10.9 Å². The van der Waals surface area contributed by atoms with Crippen LogP contribution in [-0.4, -0.2) is 19.6 Å². The van der Waals surface area contributed by atoms with Gasteiger partial charge in [-0.2, -0.15) is 0 Å². The molecule has 0 spiro atoms. The standard InChI is InChI=1S/C18H18Cl2N4O/c1-10(2)24-9-13-14(16(24)25)21-17(20)22-15(13)23-18(7-8-18)11-3-5-12(19)6-4-11/h3-6,9-10,25H,7-8H2,1-2H3,(H,21,22,23). The maximum Gasteiger partial charge on any atom is 0.225 e. The number of nitrogens with zero attached hydrogens (tertiary/aromatic N) is 3. The summed E-state index contributed by atoms with van der Waals surface area (Å²) in [5.74, 6) is 0.742. The van der Waals surface area contributed by atoms with Crippen molar-refractivity contribution in [3.63, 3.8) is 0 Å². The van der Waals surface area contributed by atoms with Gasteiger partial charge in [0.15, 0.2) is 0 Å². The lowest BCUT2D eigenvalue weighted by Gasteiger charge is -2.19. The van der Waals surface area contributed by atoms with Crippen molar-refractivity contribution >= 4 is 39.9 Å². The molecule has 1 aliphatic rings. The summed E-state index contributed by atoms with van der Waals surface area (Å²) in [6.45, 7) is 3.99. The molecule has 130 valence electrons. The highest BCUT2D eigenvalue weighted by Crippen LogP contribution is 2.49. The van der Waals surface area contributed by atoms with Gasteiger partial charge in [0.05, 0.1) is 10.9 Å². The molecule has 0 unspecified atom stereocenters. The van der Waals surface area contributed by atoms with Crippen molar-refractivity contribution in [3.8, 4) is 5.88 Å². The van der Waals surface area contributed by atoms with Gasteiger partial charge in [-0.1, -0.05) is 23.7 Å². The molecule has 3 aromatic rings. The van der Waals surface area contributed by atoms with E-state index in [9.17, 15) is 5.11 Å². The quantitative estimate of drug-likeness (QED) is 0.619. The first-order valence-electron chi connectivity index (χ1n) is 8.21. The molecule has 2 aromatic heterocycles. The molecule has 0 bridgehead atoms. The fraction of sp³-hybridized carbons (Fsp3) is 0.333. The Bertz CT molecular complexity index is 946. The summed E-state index contributed by atoms with van der Waals surface area (Å²) in [7, 11) is 0. The Morgan fingerprint density at radius 1 is 1.16 bits per heavy atom. The molecule has 0 radical (unpaired) electrons. The molecular weight excluding hydrogens is 359 g/mol. The van der Waals surface area contributed by atoms with E-state index in [-0.39, 0.29) is 22.7 Å². The number of halogens is 2. The summed E-state index contributed by atoms with van der Waals surface area (Å²) in [5, 5.41) is 15.6. The van der Waals surface area contributed by atoms with Gasteiger partial charge in [0.25, 0.3) is 0 Å². The van der Waals surface area contributed by atoms with Crippen LogP contribution in [0.2, 0.25) is 10.3 Å². The minimum atomic E-state index is -0.176. The van der Waals surface area contributed by atoms with Crippen LogP contribution in [0.15, 0.2) is 30.5 Å². The van der Waals surface area contributed by atoms with Crippen LogP contribution in [0.3, 0.4) is 0 Å². The molecule has 2 N–H and O–H groups in total. The van der Waals surface area contributed by atoms with Gasteiger partial charge in [0.1, 0.15) is 11.3 Å². The molecular formula is C18H18Cl2N4O. The average molecular weight is 377 g/mol. The molecule has 4 rings (SSSR count). The van der Waals surface area contributed by atoms with E-state index in [2.05, 4.69) is 15.3 Å². The van der Waals surface area contributed by atoms with Crippen molar-refractivity contribution in [1.82, 2.24) is 14.5 Å². The third-order valence-corrected chi connectivity index (χ3v) is 5.12. The van der Waals surface area contributed by atoms with E-state index in [4.69, 9.17) is 23.2 Å². The predicted octanol–water partition coefficient (Wildman–Crippen LogP) is 5.13. The highest BCUT2D eigenvalue weighted by atomic mass is 35.5. The Hall–Kier alpha value is -1.98. The number of fused-ring (bicyclic) bond motifs is 1. The Morgan fingerprint density at radius 2 is 1.84 bits per heavy atom. The van der Waals surface area contributed by atoms with Crippen LogP contribution in [0.1, 0.15) is 38.3 Å².